The number of nitrogens with one attached hydrogen (secondary N) is 2. The van der Waals surface area contributed by atoms with E-state index in [2.05, 4.69) is 10.6 Å². The first kappa shape index (κ1) is 38.7. The molecule has 0 saturated carbocycles. The summed E-state index contributed by atoms with van der Waals surface area (Å²) in [5, 5.41) is 15.8. The van der Waals surface area contributed by atoms with Gasteiger partial charge in [-0.15, -0.1) is 0 Å². The number of carbonyl (C=O) groups is 2. The molecule has 0 unspecified atom stereocenters. The molecule has 11 nitrogen and oxygen atoms in total. The molecule has 0 aliphatic carbocycles. The van der Waals surface area contributed by atoms with Crippen LogP contribution >= 0.6 is 0 Å². The first-order valence-electron chi connectivity index (χ1n) is 17.5. The molecule has 3 N–H and O–H groups in total. The van der Waals surface area contributed by atoms with Gasteiger partial charge in [-0.25, -0.2) is 4.79 Å². The molecular weight excluding hydrogens is 681 g/mol. The maximum atomic E-state index is 14.4. The second-order valence-electron chi connectivity index (χ2n) is 13.5. The molecule has 3 aromatic carbocycles. The highest BCUT2D eigenvalue weighted by atomic mass is 19.4. The first-order chi connectivity index (χ1) is 24.8. The van der Waals surface area contributed by atoms with Crippen LogP contribution in [0.5, 0.6) is 17.2 Å². The number of ether oxygens (including phenoxy) is 4. The molecule has 14 heteroatoms. The van der Waals surface area contributed by atoms with Gasteiger partial charge in [-0.05, 0) is 88.2 Å². The standard InChI is InChI=1S/C38H47F3N4O7/c1-24-19-45(25(2)22-46)36(47)31-17-29(42-37(48)43-30-13-15-33-34(18-30)51-23-50-33)12-14-32(31)52-26(3)7-5-6-16-49-35(24)21-44(4)20-27-8-10-28(11-9-27)38(39,40)41/h8-15,17-18,24-26,35,46H,5-7,16,19-23H2,1-4H3,(H2,42,43,48)/t24-,25+,26-,35+/m0/s1. The number of hydrogen-bond donors (Lipinski definition) is 3. The number of urea groups is 1. The number of amides is 3. The van der Waals surface area contributed by atoms with E-state index in [1.807, 2.05) is 25.8 Å². The summed E-state index contributed by atoms with van der Waals surface area (Å²) in [6, 6.07) is 14.0. The number of likely N-dealkylation sites (N-methyl/N-ethyl adjacent to an activating group) is 1. The number of fused-ring (bicyclic) bond motifs is 2. The second kappa shape index (κ2) is 17.3. The maximum Gasteiger partial charge on any atom is 0.416 e. The summed E-state index contributed by atoms with van der Waals surface area (Å²) in [6.07, 6.45) is -2.65. The Morgan fingerprint density at radius 2 is 1.65 bits per heavy atom. The normalized spacial score (nSPS) is 20.4. The summed E-state index contributed by atoms with van der Waals surface area (Å²) < 4.78 is 62.7. The van der Waals surface area contributed by atoms with Crippen molar-refractivity contribution in [3.05, 3.63) is 77.4 Å². The van der Waals surface area contributed by atoms with Crippen molar-refractivity contribution in [3.63, 3.8) is 0 Å². The summed E-state index contributed by atoms with van der Waals surface area (Å²) >= 11 is 0. The van der Waals surface area contributed by atoms with E-state index in [9.17, 15) is 27.9 Å². The van der Waals surface area contributed by atoms with Gasteiger partial charge in [0.1, 0.15) is 5.75 Å². The van der Waals surface area contributed by atoms with Gasteiger partial charge in [0, 0.05) is 49.6 Å². The summed E-state index contributed by atoms with van der Waals surface area (Å²) in [5.74, 6) is 0.885. The lowest BCUT2D eigenvalue weighted by Gasteiger charge is -2.36. The number of nitrogens with zero attached hydrogens (tertiary/aromatic N) is 2. The van der Waals surface area contributed by atoms with Gasteiger partial charge in [0.15, 0.2) is 11.5 Å². The zero-order valence-electron chi connectivity index (χ0n) is 29.9. The highest BCUT2D eigenvalue weighted by Gasteiger charge is 2.32. The lowest BCUT2D eigenvalue weighted by Crippen LogP contribution is -2.47. The SMILES string of the molecule is C[C@H](CO)N1C[C@H](C)[C@@H](CN(C)Cc2ccc(C(F)(F)F)cc2)OCCCC[C@H](C)Oc2ccc(NC(=O)Nc3ccc4c(c3)OCO4)cc2C1=O. The lowest BCUT2D eigenvalue weighted by atomic mass is 10.0. The molecule has 0 aromatic heterocycles. The van der Waals surface area contributed by atoms with Gasteiger partial charge in [-0.1, -0.05) is 19.1 Å². The Morgan fingerprint density at radius 1 is 0.981 bits per heavy atom. The van der Waals surface area contributed by atoms with Gasteiger partial charge in [-0.2, -0.15) is 13.2 Å². The van der Waals surface area contributed by atoms with Crippen LogP contribution in [0.4, 0.5) is 29.3 Å². The number of halogens is 3. The minimum absolute atomic E-state index is 0.107. The molecule has 282 valence electrons. The van der Waals surface area contributed by atoms with Crippen molar-refractivity contribution in [2.24, 2.45) is 5.92 Å². The van der Waals surface area contributed by atoms with Crippen LogP contribution < -0.4 is 24.8 Å². The summed E-state index contributed by atoms with van der Waals surface area (Å²) in [7, 11) is 1.88. The average Bonchev–Trinajstić information content (AvgIpc) is 3.57. The fourth-order valence-corrected chi connectivity index (χ4v) is 6.21. The van der Waals surface area contributed by atoms with E-state index in [1.165, 1.54) is 12.1 Å². The third-order valence-electron chi connectivity index (χ3n) is 9.17. The molecule has 0 radical (unpaired) electrons. The quantitative estimate of drug-likeness (QED) is 0.227. The molecule has 0 fully saturated rings. The van der Waals surface area contributed by atoms with E-state index < -0.39 is 23.8 Å². The zero-order valence-corrected chi connectivity index (χ0v) is 29.9. The van der Waals surface area contributed by atoms with Gasteiger partial charge in [0.2, 0.25) is 6.79 Å². The molecule has 5 rings (SSSR count). The smallest absolute Gasteiger partial charge is 0.416 e. The molecule has 3 aromatic rings. The fourth-order valence-electron chi connectivity index (χ4n) is 6.21. The van der Waals surface area contributed by atoms with Crippen molar-refractivity contribution in [3.8, 4) is 17.2 Å². The predicted molar refractivity (Wildman–Crippen MR) is 190 cm³/mol. The minimum Gasteiger partial charge on any atom is -0.490 e. The third-order valence-corrected chi connectivity index (χ3v) is 9.17. The fraction of sp³-hybridized carbons (Fsp3) is 0.474. The van der Waals surface area contributed by atoms with Gasteiger partial charge < -0.3 is 39.6 Å². The van der Waals surface area contributed by atoms with Crippen molar-refractivity contribution in [1.82, 2.24) is 9.80 Å². The number of aliphatic hydroxyl groups is 1. The van der Waals surface area contributed by atoms with E-state index in [0.717, 1.165) is 30.5 Å². The molecule has 2 aliphatic heterocycles. The molecule has 0 bridgehead atoms. The van der Waals surface area contributed by atoms with Gasteiger partial charge in [0.25, 0.3) is 5.91 Å². The Labute approximate surface area is 302 Å². The largest absolute Gasteiger partial charge is 0.490 e. The van der Waals surface area contributed by atoms with Crippen molar-refractivity contribution in [1.29, 1.82) is 0 Å². The lowest BCUT2D eigenvalue weighted by molar-refractivity contribution is -0.137. The molecule has 3 amide bonds. The topological polar surface area (TPSA) is 122 Å². The Hall–Kier alpha value is -4.53. The van der Waals surface area contributed by atoms with Crippen LogP contribution in [0, 0.1) is 5.92 Å². The molecule has 0 spiro atoms. The Balaban J connectivity index is 1.34. The zero-order chi connectivity index (χ0) is 37.4. The average molecular weight is 729 g/mol. The predicted octanol–water partition coefficient (Wildman–Crippen LogP) is 7.01. The molecular formula is C38H47F3N4O7. The van der Waals surface area contributed by atoms with Crippen LogP contribution in [-0.2, 0) is 17.5 Å². The monoisotopic (exact) mass is 728 g/mol. The Kier molecular flexibility index (Phi) is 12.9. The third kappa shape index (κ3) is 10.3. The number of rotatable bonds is 8. The number of hydrogen-bond acceptors (Lipinski definition) is 8. The molecule has 52 heavy (non-hydrogen) atoms. The maximum absolute atomic E-state index is 14.4. The summed E-state index contributed by atoms with van der Waals surface area (Å²) in [6.45, 7) is 7.06. The minimum atomic E-state index is -4.40. The van der Waals surface area contributed by atoms with Gasteiger partial charge in [0.05, 0.1) is 36.0 Å². The Bertz CT molecular complexity index is 1670. The number of anilines is 2. The van der Waals surface area contributed by atoms with Crippen LogP contribution in [0.15, 0.2) is 60.7 Å². The summed E-state index contributed by atoms with van der Waals surface area (Å²) in [4.78, 5) is 31.0. The van der Waals surface area contributed by atoms with Crippen LogP contribution in [0.2, 0.25) is 0 Å². The highest BCUT2D eigenvalue weighted by molar-refractivity contribution is 6.02. The molecule has 2 aliphatic rings. The van der Waals surface area contributed by atoms with Gasteiger partial charge in [-0.3, -0.25) is 9.69 Å². The van der Waals surface area contributed by atoms with Crippen LogP contribution in [0.25, 0.3) is 0 Å². The van der Waals surface area contributed by atoms with E-state index in [-0.39, 0.29) is 49.5 Å². The van der Waals surface area contributed by atoms with Crippen LogP contribution in [0.1, 0.15) is 61.5 Å². The molecule has 2 heterocycles. The molecule has 4 atom stereocenters. The summed E-state index contributed by atoms with van der Waals surface area (Å²) in [5.41, 5.74) is 1.12. The van der Waals surface area contributed by atoms with Crippen LogP contribution in [-0.4, -0.2) is 85.2 Å². The van der Waals surface area contributed by atoms with E-state index in [1.54, 1.807) is 48.2 Å². The Morgan fingerprint density at radius 3 is 2.35 bits per heavy atom. The van der Waals surface area contributed by atoms with Crippen molar-refractivity contribution < 1.29 is 46.8 Å². The highest BCUT2D eigenvalue weighted by Crippen LogP contribution is 2.35. The van der Waals surface area contributed by atoms with E-state index in [0.29, 0.717) is 54.7 Å². The van der Waals surface area contributed by atoms with Crippen LogP contribution in [0.3, 0.4) is 0 Å². The van der Waals surface area contributed by atoms with Crippen molar-refractivity contribution in [2.45, 2.75) is 71.0 Å². The van der Waals surface area contributed by atoms with Crippen molar-refractivity contribution in [2.75, 3.05) is 50.8 Å². The van der Waals surface area contributed by atoms with Gasteiger partial charge >= 0.3 is 12.2 Å². The number of benzene rings is 3. The first-order valence-corrected chi connectivity index (χ1v) is 17.5. The number of aliphatic hydroxyl groups excluding tert-OH is 1. The number of carbonyl (C=O) groups excluding carboxylic acids is 2. The second-order valence-corrected chi connectivity index (χ2v) is 13.5. The van der Waals surface area contributed by atoms with E-state index in [4.69, 9.17) is 18.9 Å². The molecule has 0 saturated heterocycles. The van der Waals surface area contributed by atoms with E-state index >= 15 is 0 Å². The number of alkyl halides is 3. The van der Waals surface area contributed by atoms with Crippen molar-refractivity contribution >= 4 is 23.3 Å².